The number of piperazine rings is 1. The monoisotopic (exact) mass is 393 g/mol. The molecular weight excluding hydrogens is 362 g/mol. The van der Waals surface area contributed by atoms with Gasteiger partial charge in [0.2, 0.25) is 0 Å². The molecule has 0 unspecified atom stereocenters. The Bertz CT molecular complexity index is 791. The zero-order chi connectivity index (χ0) is 20.6. The van der Waals surface area contributed by atoms with Gasteiger partial charge in [-0.1, -0.05) is 32.0 Å². The van der Waals surface area contributed by atoms with E-state index in [4.69, 9.17) is 0 Å². The van der Waals surface area contributed by atoms with Crippen molar-refractivity contribution >= 4 is 17.5 Å². The average molecular weight is 394 g/mol. The first-order valence-corrected chi connectivity index (χ1v) is 10.6. The molecule has 0 N–H and O–H groups in total. The van der Waals surface area contributed by atoms with E-state index in [-0.39, 0.29) is 11.8 Å². The number of benzene rings is 2. The van der Waals surface area contributed by atoms with Crippen LogP contribution < -0.4 is 4.90 Å². The van der Waals surface area contributed by atoms with Crippen LogP contribution in [0, 0.1) is 0 Å². The lowest BCUT2D eigenvalue weighted by molar-refractivity contribution is 0.0738. The fourth-order valence-corrected chi connectivity index (χ4v) is 3.78. The quantitative estimate of drug-likeness (QED) is 0.716. The van der Waals surface area contributed by atoms with Crippen molar-refractivity contribution in [2.24, 2.45) is 0 Å². The van der Waals surface area contributed by atoms with Gasteiger partial charge in [0.25, 0.3) is 11.8 Å². The summed E-state index contributed by atoms with van der Waals surface area (Å²) in [5.74, 6) is 0.0832. The topological polar surface area (TPSA) is 43.9 Å². The number of rotatable bonds is 7. The second kappa shape index (κ2) is 10.1. The van der Waals surface area contributed by atoms with E-state index < -0.39 is 0 Å². The standard InChI is InChI=1S/C24H31N3O2/c1-3-14-26(15-4-2)23(28)20-10-12-21(13-11-20)24(29)27-18-16-25(17-19-27)22-8-6-5-7-9-22/h5-13H,3-4,14-19H2,1-2H3. The van der Waals surface area contributed by atoms with Crippen LogP contribution in [0.25, 0.3) is 0 Å². The van der Waals surface area contributed by atoms with Gasteiger partial charge in [-0.25, -0.2) is 0 Å². The minimum atomic E-state index is 0.0377. The summed E-state index contributed by atoms with van der Waals surface area (Å²) in [5, 5.41) is 0. The van der Waals surface area contributed by atoms with Crippen LogP contribution in [0.5, 0.6) is 0 Å². The Morgan fingerprint density at radius 1 is 0.793 bits per heavy atom. The van der Waals surface area contributed by atoms with E-state index in [1.165, 1.54) is 5.69 Å². The number of para-hydroxylation sites is 1. The molecule has 5 nitrogen and oxygen atoms in total. The Balaban J connectivity index is 1.60. The molecule has 0 aromatic heterocycles. The average Bonchev–Trinajstić information content (AvgIpc) is 2.79. The lowest BCUT2D eigenvalue weighted by Gasteiger charge is -2.36. The summed E-state index contributed by atoms with van der Waals surface area (Å²) in [6.45, 7) is 8.75. The summed E-state index contributed by atoms with van der Waals surface area (Å²) >= 11 is 0. The highest BCUT2D eigenvalue weighted by atomic mass is 16.2. The van der Waals surface area contributed by atoms with Gasteiger partial charge < -0.3 is 14.7 Å². The molecule has 5 heteroatoms. The van der Waals surface area contributed by atoms with Crippen molar-refractivity contribution in [3.63, 3.8) is 0 Å². The van der Waals surface area contributed by atoms with Crippen molar-refractivity contribution in [1.82, 2.24) is 9.80 Å². The Hall–Kier alpha value is -2.82. The molecule has 154 valence electrons. The van der Waals surface area contributed by atoms with Crippen LogP contribution in [0.1, 0.15) is 47.4 Å². The normalized spacial score (nSPS) is 14.0. The van der Waals surface area contributed by atoms with Crippen LogP contribution in [-0.4, -0.2) is 60.9 Å². The van der Waals surface area contributed by atoms with E-state index in [1.54, 1.807) is 24.3 Å². The molecule has 1 saturated heterocycles. The molecule has 0 aliphatic carbocycles. The van der Waals surface area contributed by atoms with Crippen LogP contribution in [0.3, 0.4) is 0 Å². The fraction of sp³-hybridized carbons (Fsp3) is 0.417. The zero-order valence-electron chi connectivity index (χ0n) is 17.5. The van der Waals surface area contributed by atoms with E-state index in [0.29, 0.717) is 24.2 Å². The third-order valence-electron chi connectivity index (χ3n) is 5.34. The van der Waals surface area contributed by atoms with Gasteiger partial charge in [-0.15, -0.1) is 0 Å². The maximum Gasteiger partial charge on any atom is 0.253 e. The number of hydrogen-bond acceptors (Lipinski definition) is 3. The Kier molecular flexibility index (Phi) is 7.28. The van der Waals surface area contributed by atoms with Gasteiger partial charge in [0, 0.05) is 56.1 Å². The van der Waals surface area contributed by atoms with E-state index in [1.807, 2.05) is 28.0 Å². The molecule has 1 aliphatic heterocycles. The first-order chi connectivity index (χ1) is 14.1. The second-order valence-electron chi connectivity index (χ2n) is 7.48. The summed E-state index contributed by atoms with van der Waals surface area (Å²) in [4.78, 5) is 31.7. The highest BCUT2D eigenvalue weighted by Gasteiger charge is 2.23. The molecule has 0 spiro atoms. The van der Waals surface area contributed by atoms with Crippen LogP contribution >= 0.6 is 0 Å². The summed E-state index contributed by atoms with van der Waals surface area (Å²) in [5.41, 5.74) is 2.50. The molecule has 1 fully saturated rings. The summed E-state index contributed by atoms with van der Waals surface area (Å²) in [7, 11) is 0. The molecule has 2 aromatic rings. The van der Waals surface area contributed by atoms with Gasteiger partial charge in [0.15, 0.2) is 0 Å². The molecule has 2 aromatic carbocycles. The smallest absolute Gasteiger partial charge is 0.253 e. The first-order valence-electron chi connectivity index (χ1n) is 10.6. The molecule has 29 heavy (non-hydrogen) atoms. The van der Waals surface area contributed by atoms with Crippen LogP contribution in [0.4, 0.5) is 5.69 Å². The maximum atomic E-state index is 12.9. The molecule has 2 amide bonds. The third-order valence-corrected chi connectivity index (χ3v) is 5.34. The van der Waals surface area contributed by atoms with Gasteiger partial charge in [0.05, 0.1) is 0 Å². The lowest BCUT2D eigenvalue weighted by Crippen LogP contribution is -2.48. The van der Waals surface area contributed by atoms with E-state index in [2.05, 4.69) is 30.9 Å². The third kappa shape index (κ3) is 5.17. The van der Waals surface area contributed by atoms with Crippen molar-refractivity contribution in [3.8, 4) is 0 Å². The van der Waals surface area contributed by atoms with Gasteiger partial charge in [-0.05, 0) is 49.2 Å². The fourth-order valence-electron chi connectivity index (χ4n) is 3.78. The van der Waals surface area contributed by atoms with Gasteiger partial charge >= 0.3 is 0 Å². The molecule has 3 rings (SSSR count). The predicted molar refractivity (Wildman–Crippen MR) is 117 cm³/mol. The maximum absolute atomic E-state index is 12.9. The second-order valence-corrected chi connectivity index (χ2v) is 7.48. The van der Waals surface area contributed by atoms with Crippen LogP contribution in [-0.2, 0) is 0 Å². The Morgan fingerprint density at radius 3 is 1.90 bits per heavy atom. The number of hydrogen-bond donors (Lipinski definition) is 0. The van der Waals surface area contributed by atoms with E-state index in [9.17, 15) is 9.59 Å². The molecule has 0 saturated carbocycles. The van der Waals surface area contributed by atoms with E-state index in [0.717, 1.165) is 39.0 Å². The number of carbonyl (C=O) groups excluding carboxylic acids is 2. The first kappa shape index (κ1) is 20.9. The predicted octanol–water partition coefficient (Wildman–Crippen LogP) is 3.91. The number of amides is 2. The van der Waals surface area contributed by atoms with Gasteiger partial charge in [-0.2, -0.15) is 0 Å². The van der Waals surface area contributed by atoms with Crippen LogP contribution in [0.2, 0.25) is 0 Å². The summed E-state index contributed by atoms with van der Waals surface area (Å²) < 4.78 is 0. The Labute approximate surface area is 173 Å². The number of anilines is 1. The zero-order valence-corrected chi connectivity index (χ0v) is 17.5. The van der Waals surface area contributed by atoms with E-state index >= 15 is 0 Å². The van der Waals surface area contributed by atoms with Crippen molar-refractivity contribution in [2.45, 2.75) is 26.7 Å². The molecule has 1 heterocycles. The molecule has 0 bridgehead atoms. The van der Waals surface area contributed by atoms with Crippen molar-refractivity contribution in [1.29, 1.82) is 0 Å². The molecule has 0 radical (unpaired) electrons. The molecule has 0 atom stereocenters. The summed E-state index contributed by atoms with van der Waals surface area (Å²) in [6, 6.07) is 17.4. The highest BCUT2D eigenvalue weighted by Crippen LogP contribution is 2.17. The highest BCUT2D eigenvalue weighted by molar-refractivity contribution is 5.98. The van der Waals surface area contributed by atoms with Crippen LogP contribution in [0.15, 0.2) is 54.6 Å². The number of nitrogens with zero attached hydrogens (tertiary/aromatic N) is 3. The van der Waals surface area contributed by atoms with Crippen molar-refractivity contribution in [3.05, 3.63) is 65.7 Å². The molecule has 1 aliphatic rings. The Morgan fingerprint density at radius 2 is 1.34 bits per heavy atom. The SMILES string of the molecule is CCCN(CCC)C(=O)c1ccc(C(=O)N2CCN(c3ccccc3)CC2)cc1. The lowest BCUT2D eigenvalue weighted by atomic mass is 10.1. The van der Waals surface area contributed by atoms with Crippen molar-refractivity contribution in [2.75, 3.05) is 44.2 Å². The van der Waals surface area contributed by atoms with Crippen molar-refractivity contribution < 1.29 is 9.59 Å². The minimum Gasteiger partial charge on any atom is -0.368 e. The largest absolute Gasteiger partial charge is 0.368 e. The summed E-state index contributed by atoms with van der Waals surface area (Å²) in [6.07, 6.45) is 1.88. The van der Waals surface area contributed by atoms with Gasteiger partial charge in [0.1, 0.15) is 0 Å². The van der Waals surface area contributed by atoms with Gasteiger partial charge in [-0.3, -0.25) is 9.59 Å². The number of carbonyl (C=O) groups is 2. The molecular formula is C24H31N3O2. The minimum absolute atomic E-state index is 0.0377.